The van der Waals surface area contributed by atoms with Crippen molar-refractivity contribution in [1.29, 1.82) is 0 Å². The van der Waals surface area contributed by atoms with Gasteiger partial charge >= 0.3 is 0 Å². The molecular weight excluding hydrogens is 352 g/mol. The molecule has 0 aliphatic heterocycles. The van der Waals surface area contributed by atoms with E-state index >= 15 is 0 Å². The van der Waals surface area contributed by atoms with Crippen LogP contribution in [0.15, 0.2) is 45.8 Å². The van der Waals surface area contributed by atoms with Crippen LogP contribution in [0.1, 0.15) is 5.56 Å². The maximum atomic E-state index is 12.2. The summed E-state index contributed by atoms with van der Waals surface area (Å²) in [6.07, 6.45) is 0. The summed E-state index contributed by atoms with van der Waals surface area (Å²) in [4.78, 5) is 4.04. The zero-order valence-corrected chi connectivity index (χ0v) is 13.1. The minimum atomic E-state index is -3.70. The van der Waals surface area contributed by atoms with Crippen molar-refractivity contribution in [2.24, 2.45) is 0 Å². The highest BCUT2D eigenvalue weighted by Gasteiger charge is 2.18. The number of hydrogen-bond donors (Lipinski definition) is 1. The maximum absolute atomic E-state index is 12.2. The molecule has 4 nitrogen and oxygen atoms in total. The smallest absolute Gasteiger partial charge is 0.263 e. The number of aromatic nitrogens is 1. The van der Waals surface area contributed by atoms with Crippen LogP contribution in [0.2, 0.25) is 5.15 Å². The number of pyridine rings is 1. The highest BCUT2D eigenvalue weighted by Crippen LogP contribution is 2.25. The number of rotatable bonds is 3. The Morgan fingerprint density at radius 3 is 2.63 bits per heavy atom. The third-order valence-electron chi connectivity index (χ3n) is 2.33. The van der Waals surface area contributed by atoms with Gasteiger partial charge in [-0.15, -0.1) is 0 Å². The van der Waals surface area contributed by atoms with Gasteiger partial charge in [-0.3, -0.25) is 4.72 Å². The van der Waals surface area contributed by atoms with Crippen LogP contribution in [0.5, 0.6) is 0 Å². The van der Waals surface area contributed by atoms with Crippen LogP contribution >= 0.6 is 27.5 Å². The number of halogens is 2. The van der Waals surface area contributed by atoms with Crippen LogP contribution in [0, 0.1) is 6.92 Å². The van der Waals surface area contributed by atoms with Gasteiger partial charge in [-0.25, -0.2) is 13.4 Å². The van der Waals surface area contributed by atoms with E-state index < -0.39 is 10.0 Å². The van der Waals surface area contributed by atoms with E-state index in [1.54, 1.807) is 24.3 Å². The molecule has 0 saturated carbocycles. The highest BCUT2D eigenvalue weighted by atomic mass is 79.9. The average molecular weight is 362 g/mol. The molecular formula is C12H10BrClN2O2S. The molecule has 0 aliphatic rings. The Morgan fingerprint density at radius 1 is 1.26 bits per heavy atom. The number of nitrogens with zero attached hydrogens (tertiary/aromatic N) is 1. The number of benzene rings is 1. The van der Waals surface area contributed by atoms with E-state index in [-0.39, 0.29) is 15.9 Å². The molecule has 0 saturated heterocycles. The SMILES string of the molecule is Cc1ccc(S(=O)(=O)Nc2cccc(Cl)n2)c(Br)c1. The van der Waals surface area contributed by atoms with E-state index in [2.05, 4.69) is 25.6 Å². The summed E-state index contributed by atoms with van der Waals surface area (Å²) in [5.74, 6) is 0.181. The van der Waals surface area contributed by atoms with Crippen molar-refractivity contribution >= 4 is 43.4 Å². The Kier molecular flexibility index (Phi) is 4.13. The first-order chi connectivity index (χ1) is 8.88. The fraction of sp³-hybridized carbons (Fsp3) is 0.0833. The molecule has 0 fully saturated rings. The molecule has 0 bridgehead atoms. The summed E-state index contributed by atoms with van der Waals surface area (Å²) in [7, 11) is -3.70. The van der Waals surface area contributed by atoms with Crippen LogP contribution in [-0.4, -0.2) is 13.4 Å². The summed E-state index contributed by atoms with van der Waals surface area (Å²) in [6.45, 7) is 1.88. The second-order valence-corrected chi connectivity index (χ2v) is 6.78. The van der Waals surface area contributed by atoms with Gasteiger partial charge < -0.3 is 0 Å². The van der Waals surface area contributed by atoms with E-state index in [1.165, 1.54) is 12.1 Å². The molecule has 2 rings (SSSR count). The van der Waals surface area contributed by atoms with E-state index in [1.807, 2.05) is 6.92 Å². The van der Waals surface area contributed by atoms with E-state index in [0.29, 0.717) is 4.47 Å². The van der Waals surface area contributed by atoms with Crippen LogP contribution in [-0.2, 0) is 10.0 Å². The van der Waals surface area contributed by atoms with Gasteiger partial charge in [0.15, 0.2) is 0 Å². The largest absolute Gasteiger partial charge is 0.264 e. The Morgan fingerprint density at radius 2 is 2.00 bits per heavy atom. The monoisotopic (exact) mass is 360 g/mol. The van der Waals surface area contributed by atoms with Gasteiger partial charge in [0.1, 0.15) is 15.9 Å². The van der Waals surface area contributed by atoms with Crippen LogP contribution < -0.4 is 4.72 Å². The zero-order valence-electron chi connectivity index (χ0n) is 9.89. The van der Waals surface area contributed by atoms with Gasteiger partial charge in [0, 0.05) is 4.47 Å². The third-order valence-corrected chi connectivity index (χ3v) is 4.87. The fourth-order valence-corrected chi connectivity index (χ4v) is 3.84. The Labute approximate surface area is 125 Å². The van der Waals surface area contributed by atoms with Gasteiger partial charge in [-0.1, -0.05) is 23.7 Å². The van der Waals surface area contributed by atoms with Gasteiger partial charge in [0.05, 0.1) is 0 Å². The lowest BCUT2D eigenvalue weighted by Gasteiger charge is -2.09. The van der Waals surface area contributed by atoms with Crippen molar-refractivity contribution in [1.82, 2.24) is 4.98 Å². The Balaban J connectivity index is 2.38. The molecule has 7 heteroatoms. The lowest BCUT2D eigenvalue weighted by molar-refractivity contribution is 0.600. The molecule has 1 heterocycles. The van der Waals surface area contributed by atoms with Crippen LogP contribution in [0.25, 0.3) is 0 Å². The first-order valence-electron chi connectivity index (χ1n) is 5.30. The van der Waals surface area contributed by atoms with Crippen molar-refractivity contribution in [2.45, 2.75) is 11.8 Å². The van der Waals surface area contributed by atoms with E-state index in [0.717, 1.165) is 5.56 Å². The minimum absolute atomic E-state index is 0.153. The predicted molar refractivity (Wildman–Crippen MR) is 78.9 cm³/mol. The number of nitrogens with one attached hydrogen (secondary N) is 1. The average Bonchev–Trinajstić information content (AvgIpc) is 2.27. The lowest BCUT2D eigenvalue weighted by atomic mass is 10.2. The summed E-state index contributed by atoms with van der Waals surface area (Å²) in [6, 6.07) is 9.72. The predicted octanol–water partition coefficient (Wildman–Crippen LogP) is 3.61. The molecule has 2 aromatic rings. The second kappa shape index (κ2) is 5.48. The van der Waals surface area contributed by atoms with Gasteiger partial charge in [-0.2, -0.15) is 0 Å². The zero-order chi connectivity index (χ0) is 14.0. The molecule has 0 atom stereocenters. The van der Waals surface area contributed by atoms with Crippen molar-refractivity contribution in [3.63, 3.8) is 0 Å². The topological polar surface area (TPSA) is 59.1 Å². The number of aryl methyl sites for hydroxylation is 1. The van der Waals surface area contributed by atoms with Gasteiger partial charge in [0.2, 0.25) is 0 Å². The van der Waals surface area contributed by atoms with E-state index in [4.69, 9.17) is 11.6 Å². The first kappa shape index (κ1) is 14.3. The van der Waals surface area contributed by atoms with Gasteiger partial charge in [0.25, 0.3) is 10.0 Å². The fourth-order valence-electron chi connectivity index (χ4n) is 1.48. The minimum Gasteiger partial charge on any atom is -0.263 e. The number of hydrogen-bond acceptors (Lipinski definition) is 3. The standard InChI is InChI=1S/C12H10BrClN2O2S/c1-8-5-6-10(9(13)7-8)19(17,18)16-12-4-2-3-11(14)15-12/h2-7H,1H3,(H,15,16). The van der Waals surface area contributed by atoms with Crippen LogP contribution in [0.3, 0.4) is 0 Å². The number of anilines is 1. The Hall–Kier alpha value is -1.11. The summed E-state index contributed by atoms with van der Waals surface area (Å²) in [5, 5.41) is 0.225. The van der Waals surface area contributed by atoms with Crippen molar-refractivity contribution in [2.75, 3.05) is 4.72 Å². The summed E-state index contributed by atoms with van der Waals surface area (Å²) >= 11 is 8.96. The molecule has 1 aromatic carbocycles. The van der Waals surface area contributed by atoms with Gasteiger partial charge in [-0.05, 0) is 52.7 Å². The molecule has 1 aromatic heterocycles. The van der Waals surface area contributed by atoms with Crippen molar-refractivity contribution in [3.8, 4) is 0 Å². The quantitative estimate of drug-likeness (QED) is 0.850. The molecule has 100 valence electrons. The first-order valence-corrected chi connectivity index (χ1v) is 7.95. The van der Waals surface area contributed by atoms with Crippen molar-refractivity contribution in [3.05, 3.63) is 51.6 Å². The summed E-state index contributed by atoms with van der Waals surface area (Å²) in [5.41, 5.74) is 0.965. The normalized spacial score (nSPS) is 11.3. The van der Waals surface area contributed by atoms with Crippen LogP contribution in [0.4, 0.5) is 5.82 Å². The molecule has 1 N–H and O–H groups in total. The molecule has 0 radical (unpaired) electrons. The molecule has 0 amide bonds. The second-order valence-electron chi connectivity index (χ2n) is 3.88. The lowest BCUT2D eigenvalue weighted by Crippen LogP contribution is -2.14. The molecule has 0 aliphatic carbocycles. The Bertz CT molecular complexity index is 719. The highest BCUT2D eigenvalue weighted by molar-refractivity contribution is 9.10. The number of sulfonamides is 1. The molecule has 19 heavy (non-hydrogen) atoms. The molecule has 0 unspecified atom stereocenters. The van der Waals surface area contributed by atoms with E-state index in [9.17, 15) is 8.42 Å². The molecule has 0 spiro atoms. The summed E-state index contributed by atoms with van der Waals surface area (Å²) < 4.78 is 27.3. The van der Waals surface area contributed by atoms with Crippen molar-refractivity contribution < 1.29 is 8.42 Å². The maximum Gasteiger partial charge on any atom is 0.264 e. The third kappa shape index (κ3) is 3.46.